The van der Waals surface area contributed by atoms with E-state index in [0.717, 1.165) is 10.7 Å². The molecule has 0 saturated carbocycles. The SMILES string of the molecule is CN(C)S(=O)(=O)c1ccc(C(=O)N2CCC(n3ccnn3)C2)cc1. The van der Waals surface area contributed by atoms with Crippen LogP contribution in [0, 0.1) is 0 Å². The maximum Gasteiger partial charge on any atom is 0.253 e. The van der Waals surface area contributed by atoms with Crippen molar-refractivity contribution in [3.05, 3.63) is 42.2 Å². The number of hydrogen-bond donors (Lipinski definition) is 0. The molecule has 0 aliphatic carbocycles. The van der Waals surface area contributed by atoms with E-state index in [1.165, 1.54) is 26.2 Å². The number of sulfonamides is 1. The van der Waals surface area contributed by atoms with Gasteiger partial charge in [-0.1, -0.05) is 5.21 Å². The van der Waals surface area contributed by atoms with Crippen LogP contribution in [0.25, 0.3) is 0 Å². The summed E-state index contributed by atoms with van der Waals surface area (Å²) in [5.41, 5.74) is 0.479. The Kier molecular flexibility index (Phi) is 4.37. The zero-order valence-corrected chi connectivity index (χ0v) is 14.3. The third-order valence-corrected chi connectivity index (χ3v) is 5.97. The van der Waals surface area contributed by atoms with Crippen molar-refractivity contribution in [2.24, 2.45) is 0 Å². The average molecular weight is 349 g/mol. The molecular formula is C15H19N5O3S. The number of amides is 1. The van der Waals surface area contributed by atoms with Crippen LogP contribution in [0.3, 0.4) is 0 Å². The molecule has 1 unspecified atom stereocenters. The van der Waals surface area contributed by atoms with Crippen molar-refractivity contribution in [3.63, 3.8) is 0 Å². The molecular weight excluding hydrogens is 330 g/mol. The molecule has 2 aromatic rings. The van der Waals surface area contributed by atoms with Crippen LogP contribution in [0.15, 0.2) is 41.6 Å². The summed E-state index contributed by atoms with van der Waals surface area (Å²) in [6.45, 7) is 1.21. The van der Waals surface area contributed by atoms with Crippen molar-refractivity contribution >= 4 is 15.9 Å². The zero-order valence-electron chi connectivity index (χ0n) is 13.5. The highest BCUT2D eigenvalue weighted by Crippen LogP contribution is 2.23. The second-order valence-electron chi connectivity index (χ2n) is 5.89. The Morgan fingerprint density at radius 1 is 1.25 bits per heavy atom. The van der Waals surface area contributed by atoms with Crippen LogP contribution in [0.1, 0.15) is 22.8 Å². The van der Waals surface area contributed by atoms with Gasteiger partial charge in [0.05, 0.1) is 17.1 Å². The largest absolute Gasteiger partial charge is 0.336 e. The van der Waals surface area contributed by atoms with Gasteiger partial charge in [-0.3, -0.25) is 4.79 Å². The summed E-state index contributed by atoms with van der Waals surface area (Å²) < 4.78 is 27.0. The van der Waals surface area contributed by atoms with E-state index in [2.05, 4.69) is 10.3 Å². The molecule has 1 amide bonds. The van der Waals surface area contributed by atoms with Gasteiger partial charge in [-0.25, -0.2) is 17.4 Å². The lowest BCUT2D eigenvalue weighted by Crippen LogP contribution is -2.29. The first-order valence-corrected chi connectivity index (χ1v) is 9.01. The Morgan fingerprint density at radius 3 is 2.54 bits per heavy atom. The number of hydrogen-bond acceptors (Lipinski definition) is 5. The molecule has 1 atom stereocenters. The van der Waals surface area contributed by atoms with Crippen LogP contribution in [0.2, 0.25) is 0 Å². The maximum atomic E-state index is 12.6. The van der Waals surface area contributed by atoms with Gasteiger partial charge in [0, 0.05) is 38.9 Å². The van der Waals surface area contributed by atoms with E-state index in [1.54, 1.807) is 34.1 Å². The molecule has 0 spiro atoms. The Hall–Kier alpha value is -2.26. The van der Waals surface area contributed by atoms with Crippen LogP contribution in [0.4, 0.5) is 0 Å². The first-order chi connectivity index (χ1) is 11.4. The monoisotopic (exact) mass is 349 g/mol. The van der Waals surface area contributed by atoms with Crippen molar-refractivity contribution in [1.82, 2.24) is 24.2 Å². The van der Waals surface area contributed by atoms with Gasteiger partial charge in [-0.05, 0) is 30.7 Å². The summed E-state index contributed by atoms with van der Waals surface area (Å²) in [6.07, 6.45) is 4.23. The molecule has 1 aliphatic rings. The average Bonchev–Trinajstić information content (AvgIpc) is 3.25. The fourth-order valence-electron chi connectivity index (χ4n) is 2.72. The highest BCUT2D eigenvalue weighted by Gasteiger charge is 2.28. The number of benzene rings is 1. The van der Waals surface area contributed by atoms with Gasteiger partial charge < -0.3 is 4.90 Å². The number of aromatic nitrogens is 3. The maximum absolute atomic E-state index is 12.6. The van der Waals surface area contributed by atoms with Gasteiger partial charge in [-0.15, -0.1) is 5.10 Å². The number of carbonyl (C=O) groups excluding carboxylic acids is 1. The molecule has 3 rings (SSSR count). The van der Waals surface area contributed by atoms with Gasteiger partial charge in [0.15, 0.2) is 0 Å². The number of carbonyl (C=O) groups is 1. The fourth-order valence-corrected chi connectivity index (χ4v) is 3.62. The third kappa shape index (κ3) is 3.04. The number of nitrogens with zero attached hydrogens (tertiary/aromatic N) is 5. The molecule has 128 valence electrons. The van der Waals surface area contributed by atoms with Gasteiger partial charge in [-0.2, -0.15) is 0 Å². The van der Waals surface area contributed by atoms with E-state index in [4.69, 9.17) is 0 Å². The highest BCUT2D eigenvalue weighted by atomic mass is 32.2. The smallest absolute Gasteiger partial charge is 0.253 e. The molecule has 8 nitrogen and oxygen atoms in total. The van der Waals surface area contributed by atoms with Crippen LogP contribution >= 0.6 is 0 Å². The second-order valence-corrected chi connectivity index (χ2v) is 8.04. The first kappa shape index (κ1) is 16.6. The Balaban J connectivity index is 1.72. The Labute approximate surface area is 140 Å². The minimum Gasteiger partial charge on any atom is -0.336 e. The Morgan fingerprint density at radius 2 is 1.96 bits per heavy atom. The van der Waals surface area contributed by atoms with Gasteiger partial charge in [0.2, 0.25) is 10.0 Å². The minimum atomic E-state index is -3.49. The van der Waals surface area contributed by atoms with Gasteiger partial charge in [0.1, 0.15) is 0 Å². The highest BCUT2D eigenvalue weighted by molar-refractivity contribution is 7.89. The molecule has 9 heteroatoms. The topological polar surface area (TPSA) is 88.4 Å². The molecule has 1 fully saturated rings. The van der Waals surface area contributed by atoms with Crippen molar-refractivity contribution < 1.29 is 13.2 Å². The summed E-state index contributed by atoms with van der Waals surface area (Å²) >= 11 is 0. The van der Waals surface area contributed by atoms with E-state index in [-0.39, 0.29) is 16.8 Å². The summed E-state index contributed by atoms with van der Waals surface area (Å²) in [4.78, 5) is 14.5. The molecule has 1 aliphatic heterocycles. The summed E-state index contributed by atoms with van der Waals surface area (Å²) in [7, 11) is -0.537. The number of rotatable bonds is 4. The molecule has 1 aromatic heterocycles. The van der Waals surface area contributed by atoms with Gasteiger partial charge in [0.25, 0.3) is 5.91 Å². The van der Waals surface area contributed by atoms with Crippen molar-refractivity contribution in [1.29, 1.82) is 0 Å². The van der Waals surface area contributed by atoms with Crippen LogP contribution in [0.5, 0.6) is 0 Å². The molecule has 24 heavy (non-hydrogen) atoms. The van der Waals surface area contributed by atoms with Gasteiger partial charge >= 0.3 is 0 Å². The van der Waals surface area contributed by atoms with E-state index >= 15 is 0 Å². The minimum absolute atomic E-state index is 0.105. The predicted octanol–water partition coefficient (Wildman–Crippen LogP) is 0.616. The normalized spacial score (nSPS) is 18.3. The lowest BCUT2D eigenvalue weighted by molar-refractivity contribution is 0.0787. The summed E-state index contributed by atoms with van der Waals surface area (Å²) in [5.74, 6) is -0.105. The van der Waals surface area contributed by atoms with Crippen molar-refractivity contribution in [2.45, 2.75) is 17.4 Å². The first-order valence-electron chi connectivity index (χ1n) is 7.57. The molecule has 1 saturated heterocycles. The zero-order chi connectivity index (χ0) is 17.3. The predicted molar refractivity (Wildman–Crippen MR) is 86.9 cm³/mol. The fraction of sp³-hybridized carbons (Fsp3) is 0.400. The molecule has 0 N–H and O–H groups in total. The van der Waals surface area contributed by atoms with Crippen molar-refractivity contribution in [2.75, 3.05) is 27.2 Å². The lowest BCUT2D eigenvalue weighted by atomic mass is 10.2. The van der Waals surface area contributed by atoms with E-state index in [1.807, 2.05) is 0 Å². The molecule has 0 radical (unpaired) electrons. The third-order valence-electron chi connectivity index (χ3n) is 4.15. The second kappa shape index (κ2) is 6.33. The van der Waals surface area contributed by atoms with E-state index in [0.29, 0.717) is 18.7 Å². The standard InChI is InChI=1S/C15H19N5O3S/c1-18(2)24(22,23)14-5-3-12(4-6-14)15(21)19-9-7-13(11-19)20-10-8-16-17-20/h3-6,8,10,13H,7,9,11H2,1-2H3. The quantitative estimate of drug-likeness (QED) is 0.807. The molecule has 0 bridgehead atoms. The van der Waals surface area contributed by atoms with Crippen LogP contribution in [-0.2, 0) is 10.0 Å². The lowest BCUT2D eigenvalue weighted by Gasteiger charge is -2.17. The van der Waals surface area contributed by atoms with E-state index in [9.17, 15) is 13.2 Å². The number of likely N-dealkylation sites (tertiary alicyclic amines) is 1. The van der Waals surface area contributed by atoms with E-state index < -0.39 is 10.0 Å². The Bertz CT molecular complexity index is 815. The summed E-state index contributed by atoms with van der Waals surface area (Å²) in [5, 5.41) is 7.77. The molecule has 2 heterocycles. The molecule has 1 aromatic carbocycles. The van der Waals surface area contributed by atoms with Crippen LogP contribution in [-0.4, -0.2) is 65.7 Å². The summed E-state index contributed by atoms with van der Waals surface area (Å²) in [6, 6.07) is 6.18. The van der Waals surface area contributed by atoms with Crippen LogP contribution < -0.4 is 0 Å². The van der Waals surface area contributed by atoms with Crippen molar-refractivity contribution in [3.8, 4) is 0 Å².